The van der Waals surface area contributed by atoms with Crippen molar-refractivity contribution in [3.8, 4) is 0 Å². The van der Waals surface area contributed by atoms with Crippen LogP contribution in [-0.2, 0) is 11.3 Å². The van der Waals surface area contributed by atoms with Gasteiger partial charge in [0.25, 0.3) is 0 Å². The van der Waals surface area contributed by atoms with Crippen molar-refractivity contribution in [2.24, 2.45) is 5.73 Å². The lowest BCUT2D eigenvalue weighted by atomic mass is 10.3. The van der Waals surface area contributed by atoms with Gasteiger partial charge in [-0.3, -0.25) is 4.79 Å². The molecule has 1 rings (SSSR count). The van der Waals surface area contributed by atoms with E-state index in [1.165, 1.54) is 4.88 Å². The van der Waals surface area contributed by atoms with Gasteiger partial charge >= 0.3 is 0 Å². The molecule has 1 aromatic heterocycles. The van der Waals surface area contributed by atoms with Crippen LogP contribution in [-0.4, -0.2) is 34.9 Å². The molecule has 0 fully saturated rings. The maximum Gasteiger partial charge on any atom is 0.232 e. The van der Waals surface area contributed by atoms with Gasteiger partial charge in [0, 0.05) is 17.5 Å². The summed E-state index contributed by atoms with van der Waals surface area (Å²) in [5, 5.41) is 0. The van der Waals surface area contributed by atoms with Gasteiger partial charge < -0.3 is 10.6 Å². The van der Waals surface area contributed by atoms with E-state index in [4.69, 9.17) is 5.73 Å². The Labute approximate surface area is 132 Å². The van der Waals surface area contributed by atoms with E-state index >= 15 is 0 Å². The highest BCUT2D eigenvalue weighted by Crippen LogP contribution is 2.23. The second-order valence-electron chi connectivity index (χ2n) is 4.43. The van der Waals surface area contributed by atoms with Gasteiger partial charge in [0.1, 0.15) is 0 Å². The number of nitrogens with zero attached hydrogens (tertiary/aromatic N) is 1. The molecule has 0 spiro atoms. The lowest BCUT2D eigenvalue weighted by Gasteiger charge is -2.20. The summed E-state index contributed by atoms with van der Waals surface area (Å²) in [6.45, 7) is 5.48. The monoisotopic (exact) mass is 364 g/mol. The van der Waals surface area contributed by atoms with Gasteiger partial charge in [-0.15, -0.1) is 11.3 Å². The molecule has 0 aliphatic heterocycles. The number of hydrogen-bond acceptors (Lipinski definition) is 4. The van der Waals surface area contributed by atoms with Crippen LogP contribution in [0.25, 0.3) is 0 Å². The first-order valence-electron chi connectivity index (χ1n) is 6.38. The first kappa shape index (κ1) is 17.0. The Morgan fingerprint density at radius 3 is 2.84 bits per heavy atom. The highest BCUT2D eigenvalue weighted by atomic mass is 79.9. The van der Waals surface area contributed by atoms with E-state index in [0.29, 0.717) is 12.3 Å². The molecule has 19 heavy (non-hydrogen) atoms. The maximum atomic E-state index is 12.1. The third-order valence-corrected chi connectivity index (χ3v) is 5.24. The molecule has 0 radical (unpaired) electrons. The topological polar surface area (TPSA) is 46.3 Å². The second-order valence-corrected chi connectivity index (χ2v) is 8.09. The van der Waals surface area contributed by atoms with E-state index in [1.54, 1.807) is 23.1 Å². The van der Waals surface area contributed by atoms with Crippen molar-refractivity contribution < 1.29 is 4.79 Å². The van der Waals surface area contributed by atoms with Crippen molar-refractivity contribution in [2.45, 2.75) is 32.9 Å². The van der Waals surface area contributed by atoms with E-state index in [1.807, 2.05) is 24.8 Å². The van der Waals surface area contributed by atoms with Crippen LogP contribution in [0, 0.1) is 0 Å². The SMILES string of the molecule is CCN(Cc1ccc(Br)s1)C(=O)CSCCC(C)N. The molecule has 0 aromatic carbocycles. The minimum Gasteiger partial charge on any atom is -0.337 e. The summed E-state index contributed by atoms with van der Waals surface area (Å²) in [4.78, 5) is 15.2. The van der Waals surface area contributed by atoms with Gasteiger partial charge in [0.05, 0.1) is 16.1 Å². The normalized spacial score (nSPS) is 12.4. The summed E-state index contributed by atoms with van der Waals surface area (Å²) in [5.41, 5.74) is 5.69. The van der Waals surface area contributed by atoms with E-state index < -0.39 is 0 Å². The summed E-state index contributed by atoms with van der Waals surface area (Å²) in [6.07, 6.45) is 0.960. The highest BCUT2D eigenvalue weighted by Gasteiger charge is 2.13. The standard InChI is InChI=1S/C13H21BrN2OS2/c1-3-16(8-11-4-5-12(14)19-11)13(17)9-18-7-6-10(2)15/h4-5,10H,3,6-9,15H2,1-2H3. The molecule has 2 N–H and O–H groups in total. The molecule has 1 atom stereocenters. The predicted octanol–water partition coefficient (Wildman–Crippen LogP) is 3.33. The Hall–Kier alpha value is -0.0400. The first-order chi connectivity index (χ1) is 9.02. The van der Waals surface area contributed by atoms with Gasteiger partial charge in [0.15, 0.2) is 0 Å². The van der Waals surface area contributed by atoms with E-state index in [9.17, 15) is 4.79 Å². The fourth-order valence-corrected chi connectivity index (χ4v) is 4.06. The summed E-state index contributed by atoms with van der Waals surface area (Å²) in [7, 11) is 0. The molecule has 1 aromatic rings. The smallest absolute Gasteiger partial charge is 0.232 e. The van der Waals surface area contributed by atoms with Crippen LogP contribution in [0.3, 0.4) is 0 Å². The molecular weight excluding hydrogens is 344 g/mol. The summed E-state index contributed by atoms with van der Waals surface area (Å²) < 4.78 is 1.11. The zero-order valence-corrected chi connectivity index (χ0v) is 14.6. The number of hydrogen-bond donors (Lipinski definition) is 1. The van der Waals surface area contributed by atoms with Gasteiger partial charge in [-0.25, -0.2) is 0 Å². The zero-order chi connectivity index (χ0) is 14.3. The molecule has 3 nitrogen and oxygen atoms in total. The van der Waals surface area contributed by atoms with Crippen LogP contribution in [0.4, 0.5) is 0 Å². The third-order valence-electron chi connectivity index (χ3n) is 2.65. The number of carbonyl (C=O) groups excluding carboxylic acids is 1. The molecule has 108 valence electrons. The number of carbonyl (C=O) groups is 1. The lowest BCUT2D eigenvalue weighted by Crippen LogP contribution is -2.31. The third kappa shape index (κ3) is 6.79. The molecule has 0 bridgehead atoms. The Morgan fingerprint density at radius 2 is 2.32 bits per heavy atom. The average molecular weight is 365 g/mol. The van der Waals surface area contributed by atoms with Crippen LogP contribution in [0.2, 0.25) is 0 Å². The Bertz CT molecular complexity index is 396. The van der Waals surface area contributed by atoms with Crippen molar-refractivity contribution in [3.05, 3.63) is 20.8 Å². The number of thiophene rings is 1. The maximum absolute atomic E-state index is 12.1. The largest absolute Gasteiger partial charge is 0.337 e. The molecule has 0 aliphatic rings. The predicted molar refractivity (Wildman–Crippen MR) is 88.7 cm³/mol. The highest BCUT2D eigenvalue weighted by molar-refractivity contribution is 9.11. The van der Waals surface area contributed by atoms with Crippen molar-refractivity contribution >= 4 is 44.9 Å². The molecule has 1 unspecified atom stereocenters. The van der Waals surface area contributed by atoms with Crippen LogP contribution in [0.5, 0.6) is 0 Å². The van der Waals surface area contributed by atoms with Crippen molar-refractivity contribution in [1.82, 2.24) is 4.90 Å². The van der Waals surface area contributed by atoms with Crippen molar-refractivity contribution in [1.29, 1.82) is 0 Å². The van der Waals surface area contributed by atoms with Gasteiger partial charge in [-0.2, -0.15) is 11.8 Å². The Balaban J connectivity index is 2.35. The second kappa shape index (κ2) is 9.00. The quantitative estimate of drug-likeness (QED) is 0.719. The van der Waals surface area contributed by atoms with Crippen LogP contribution in [0.1, 0.15) is 25.1 Å². The van der Waals surface area contributed by atoms with Crippen molar-refractivity contribution in [3.63, 3.8) is 0 Å². The first-order valence-corrected chi connectivity index (χ1v) is 9.14. The molecule has 6 heteroatoms. The van der Waals surface area contributed by atoms with E-state index in [2.05, 4.69) is 22.0 Å². The minimum atomic E-state index is 0.210. The Kier molecular flexibility index (Phi) is 8.06. The van der Waals surface area contributed by atoms with Crippen molar-refractivity contribution in [2.75, 3.05) is 18.1 Å². The number of rotatable bonds is 8. The summed E-state index contributed by atoms with van der Waals surface area (Å²) >= 11 is 6.80. The molecule has 1 heterocycles. The summed E-state index contributed by atoms with van der Waals surface area (Å²) in [5.74, 6) is 1.71. The van der Waals surface area contributed by atoms with E-state index in [0.717, 1.165) is 22.5 Å². The van der Waals surface area contributed by atoms with Gasteiger partial charge in [-0.05, 0) is 54.1 Å². The summed E-state index contributed by atoms with van der Waals surface area (Å²) in [6, 6.07) is 4.30. The minimum absolute atomic E-state index is 0.210. The molecule has 1 amide bonds. The number of thioether (sulfide) groups is 1. The molecule has 0 aliphatic carbocycles. The van der Waals surface area contributed by atoms with Crippen LogP contribution in [0.15, 0.2) is 15.9 Å². The van der Waals surface area contributed by atoms with E-state index in [-0.39, 0.29) is 11.9 Å². The van der Waals surface area contributed by atoms with Crippen LogP contribution >= 0.6 is 39.0 Å². The lowest BCUT2D eigenvalue weighted by molar-refractivity contribution is -0.128. The van der Waals surface area contributed by atoms with Crippen LogP contribution < -0.4 is 5.73 Å². The molecule has 0 saturated carbocycles. The zero-order valence-electron chi connectivity index (χ0n) is 11.4. The number of amides is 1. The number of nitrogens with two attached hydrogens (primary N) is 1. The fourth-order valence-electron chi connectivity index (χ4n) is 1.52. The molecule has 0 saturated heterocycles. The molecular formula is C13H21BrN2OS2. The number of halogens is 1. The Morgan fingerprint density at radius 1 is 1.58 bits per heavy atom. The van der Waals surface area contributed by atoms with Gasteiger partial charge in [-0.1, -0.05) is 0 Å². The van der Waals surface area contributed by atoms with Gasteiger partial charge in [0.2, 0.25) is 5.91 Å². The average Bonchev–Trinajstić information content (AvgIpc) is 2.76. The fraction of sp³-hybridized carbons (Fsp3) is 0.615.